The highest BCUT2D eigenvalue weighted by atomic mass is 16.5. The van der Waals surface area contributed by atoms with Gasteiger partial charge in [-0.05, 0) is 48.1 Å². The fourth-order valence-electron chi connectivity index (χ4n) is 5.39. The van der Waals surface area contributed by atoms with Crippen molar-refractivity contribution in [3.8, 4) is 11.5 Å². The highest BCUT2D eigenvalue weighted by molar-refractivity contribution is 6.09. The average molecular weight is 496 g/mol. The van der Waals surface area contributed by atoms with E-state index < -0.39 is 17.8 Å². The summed E-state index contributed by atoms with van der Waals surface area (Å²) in [7, 11) is 1.47. The maximum atomic E-state index is 13.7. The first-order chi connectivity index (χ1) is 18.0. The molecule has 3 atom stereocenters. The lowest BCUT2D eigenvalue weighted by Gasteiger charge is -2.36. The fourth-order valence-corrected chi connectivity index (χ4v) is 5.39. The third kappa shape index (κ3) is 4.92. The van der Waals surface area contributed by atoms with Gasteiger partial charge in [-0.15, -0.1) is 0 Å². The van der Waals surface area contributed by atoms with Crippen LogP contribution in [0.3, 0.4) is 0 Å². The molecule has 3 aromatic carbocycles. The monoisotopic (exact) mass is 495 g/mol. The number of methoxy groups -OCH3 is 1. The molecule has 1 heterocycles. The van der Waals surface area contributed by atoms with Gasteiger partial charge in [0.1, 0.15) is 12.5 Å². The largest absolute Gasteiger partial charge is 0.504 e. The third-order valence-corrected chi connectivity index (χ3v) is 7.20. The minimum Gasteiger partial charge on any atom is -0.504 e. The van der Waals surface area contributed by atoms with Gasteiger partial charge in [-0.25, -0.2) is 0 Å². The number of carbonyl (C=O) groups excluding carboxylic acids is 2. The van der Waals surface area contributed by atoms with Gasteiger partial charge in [-0.3, -0.25) is 14.6 Å². The van der Waals surface area contributed by atoms with Crippen LogP contribution in [0.1, 0.15) is 48.3 Å². The molecule has 3 aromatic rings. The molecule has 0 saturated carbocycles. The maximum Gasteiger partial charge on any atom is 0.315 e. The number of phenolic OH excluding ortho intramolecular Hbond substituents is 1. The van der Waals surface area contributed by atoms with E-state index in [1.807, 2.05) is 67.6 Å². The van der Waals surface area contributed by atoms with E-state index in [2.05, 4.69) is 0 Å². The zero-order valence-corrected chi connectivity index (χ0v) is 20.9. The van der Waals surface area contributed by atoms with Crippen LogP contribution in [-0.2, 0) is 20.9 Å². The molecule has 0 aromatic heterocycles. The van der Waals surface area contributed by atoms with E-state index in [0.717, 1.165) is 11.1 Å². The standard InChI is InChI=1S/C31H29NO5/c1-19-28(31(35)37-18-20-9-5-3-6-10-20)29(22-13-14-25(33)27(17-22)36-2)30-24(32-19)15-23(16-26(30)34)21-11-7-4-8-12-21/h3-14,17,23,28-29,33H,15-16,18H2,1-2H3/t23-,28?,29-/m0/s1. The Labute approximate surface area is 216 Å². The Morgan fingerprint density at radius 2 is 1.68 bits per heavy atom. The number of phenols is 1. The second-order valence-corrected chi connectivity index (χ2v) is 9.53. The molecule has 5 rings (SSSR count). The summed E-state index contributed by atoms with van der Waals surface area (Å²) in [6.07, 6.45) is 0.953. The second-order valence-electron chi connectivity index (χ2n) is 9.53. The predicted molar refractivity (Wildman–Crippen MR) is 141 cm³/mol. The van der Waals surface area contributed by atoms with Crippen LogP contribution in [0.2, 0.25) is 0 Å². The fraction of sp³-hybridized carbons (Fsp3) is 0.258. The lowest BCUT2D eigenvalue weighted by molar-refractivity contribution is -0.148. The van der Waals surface area contributed by atoms with Crippen LogP contribution in [-0.4, -0.2) is 29.7 Å². The van der Waals surface area contributed by atoms with E-state index in [4.69, 9.17) is 14.5 Å². The minimum atomic E-state index is -0.770. The third-order valence-electron chi connectivity index (χ3n) is 7.20. The van der Waals surface area contributed by atoms with Crippen molar-refractivity contribution in [1.82, 2.24) is 0 Å². The SMILES string of the molecule is COc1cc([C@@H]2C3=C(C[C@H](c4ccccc4)CC3=O)N=C(C)C2C(=O)OCc2ccccc2)ccc1O. The van der Waals surface area contributed by atoms with Crippen LogP contribution in [0.15, 0.2) is 95.1 Å². The number of benzene rings is 3. The van der Waals surface area contributed by atoms with Gasteiger partial charge in [0.25, 0.3) is 0 Å². The van der Waals surface area contributed by atoms with Crippen LogP contribution < -0.4 is 4.74 Å². The smallest absolute Gasteiger partial charge is 0.315 e. The first-order valence-corrected chi connectivity index (χ1v) is 12.4. The average Bonchev–Trinajstić information content (AvgIpc) is 2.92. The summed E-state index contributed by atoms with van der Waals surface area (Å²) in [6.45, 7) is 1.95. The van der Waals surface area contributed by atoms with Gasteiger partial charge in [0.2, 0.25) is 0 Å². The Morgan fingerprint density at radius 1 is 0.973 bits per heavy atom. The molecule has 6 heteroatoms. The Kier molecular flexibility index (Phi) is 6.91. The van der Waals surface area contributed by atoms with Crippen molar-refractivity contribution in [3.63, 3.8) is 0 Å². The summed E-state index contributed by atoms with van der Waals surface area (Å²) in [5, 5.41) is 10.2. The lowest BCUT2D eigenvalue weighted by Crippen LogP contribution is -2.38. The van der Waals surface area contributed by atoms with Crippen molar-refractivity contribution >= 4 is 17.5 Å². The number of aromatic hydroxyl groups is 1. The van der Waals surface area contributed by atoms with Gasteiger partial charge in [0, 0.05) is 29.3 Å². The number of aliphatic imine (C=N–C) groups is 1. The predicted octanol–water partition coefficient (Wildman–Crippen LogP) is 5.72. The Morgan fingerprint density at radius 3 is 2.38 bits per heavy atom. The lowest BCUT2D eigenvalue weighted by atomic mass is 9.69. The molecule has 188 valence electrons. The van der Waals surface area contributed by atoms with Gasteiger partial charge in [0.05, 0.1) is 7.11 Å². The minimum absolute atomic E-state index is 0.0102. The number of esters is 1. The first kappa shape index (κ1) is 24.5. The molecule has 0 saturated heterocycles. The van der Waals surface area contributed by atoms with Crippen molar-refractivity contribution in [1.29, 1.82) is 0 Å². The number of rotatable bonds is 6. The van der Waals surface area contributed by atoms with Gasteiger partial charge >= 0.3 is 5.97 Å². The summed E-state index contributed by atoms with van der Waals surface area (Å²) in [5.41, 5.74) is 4.55. The van der Waals surface area contributed by atoms with Gasteiger partial charge < -0.3 is 14.6 Å². The van der Waals surface area contributed by atoms with Crippen molar-refractivity contribution in [2.45, 2.75) is 38.2 Å². The maximum absolute atomic E-state index is 13.7. The first-order valence-electron chi connectivity index (χ1n) is 12.4. The van der Waals surface area contributed by atoms with Crippen molar-refractivity contribution in [2.75, 3.05) is 7.11 Å². The molecular weight excluding hydrogens is 466 g/mol. The normalized spacial score (nSPS) is 21.2. The van der Waals surface area contributed by atoms with Crippen molar-refractivity contribution < 1.29 is 24.2 Å². The number of Topliss-reactive ketones (excluding diaryl/α,β-unsaturated/α-hetero) is 1. The highest BCUT2D eigenvalue weighted by Gasteiger charge is 2.45. The Bertz CT molecular complexity index is 1380. The summed E-state index contributed by atoms with van der Waals surface area (Å²) < 4.78 is 11.1. The molecule has 0 bridgehead atoms. The van der Waals surface area contributed by atoms with Gasteiger partial charge in [-0.2, -0.15) is 0 Å². The number of nitrogens with zero attached hydrogens (tertiary/aromatic N) is 1. The number of allylic oxidation sites excluding steroid dienone is 2. The summed E-state index contributed by atoms with van der Waals surface area (Å²) in [6, 6.07) is 24.4. The quantitative estimate of drug-likeness (QED) is 0.442. The molecule has 1 N–H and O–H groups in total. The molecule has 2 aliphatic rings. The molecule has 1 aliphatic heterocycles. The van der Waals surface area contributed by atoms with E-state index in [-0.39, 0.29) is 29.8 Å². The highest BCUT2D eigenvalue weighted by Crippen LogP contribution is 2.47. The zero-order valence-electron chi connectivity index (χ0n) is 20.9. The molecule has 6 nitrogen and oxygen atoms in total. The number of carbonyl (C=O) groups is 2. The zero-order chi connectivity index (χ0) is 25.9. The molecular formula is C31H29NO5. The second kappa shape index (κ2) is 10.4. The van der Waals surface area contributed by atoms with Gasteiger partial charge in [-0.1, -0.05) is 66.7 Å². The molecule has 0 radical (unpaired) electrons. The van der Waals surface area contributed by atoms with Crippen LogP contribution in [0.25, 0.3) is 0 Å². The number of hydrogen-bond donors (Lipinski definition) is 1. The number of ether oxygens (including phenoxy) is 2. The Balaban J connectivity index is 1.54. The van der Waals surface area contributed by atoms with E-state index in [1.165, 1.54) is 13.2 Å². The van der Waals surface area contributed by atoms with E-state index in [1.54, 1.807) is 12.1 Å². The van der Waals surface area contributed by atoms with E-state index in [0.29, 0.717) is 35.4 Å². The molecule has 1 unspecified atom stereocenters. The Hall–Kier alpha value is -4.19. The van der Waals surface area contributed by atoms with Crippen LogP contribution in [0.4, 0.5) is 0 Å². The van der Waals surface area contributed by atoms with Gasteiger partial charge in [0.15, 0.2) is 17.3 Å². The topological polar surface area (TPSA) is 85.2 Å². The molecule has 0 amide bonds. The van der Waals surface area contributed by atoms with E-state index >= 15 is 0 Å². The summed E-state index contributed by atoms with van der Waals surface area (Å²) in [4.78, 5) is 32.1. The summed E-state index contributed by atoms with van der Waals surface area (Å²) >= 11 is 0. The molecule has 37 heavy (non-hydrogen) atoms. The molecule has 0 fully saturated rings. The van der Waals surface area contributed by atoms with Crippen LogP contribution in [0, 0.1) is 5.92 Å². The van der Waals surface area contributed by atoms with E-state index in [9.17, 15) is 14.7 Å². The molecule has 0 spiro atoms. The van der Waals surface area contributed by atoms with Crippen LogP contribution in [0.5, 0.6) is 11.5 Å². The summed E-state index contributed by atoms with van der Waals surface area (Å²) in [5.74, 6) is -1.52. The van der Waals surface area contributed by atoms with Crippen molar-refractivity contribution in [2.24, 2.45) is 10.9 Å². The van der Waals surface area contributed by atoms with Crippen molar-refractivity contribution in [3.05, 3.63) is 107 Å². The number of hydrogen-bond acceptors (Lipinski definition) is 6. The molecule has 1 aliphatic carbocycles. The van der Waals surface area contributed by atoms with Crippen LogP contribution >= 0.6 is 0 Å². The number of ketones is 1.